The highest BCUT2D eigenvalue weighted by atomic mass is 16.2. The van der Waals surface area contributed by atoms with E-state index in [0.717, 1.165) is 31.5 Å². The van der Waals surface area contributed by atoms with E-state index in [1.165, 1.54) is 0 Å². The average Bonchev–Trinajstić information content (AvgIpc) is 2.97. The molecule has 1 fully saturated rings. The van der Waals surface area contributed by atoms with Gasteiger partial charge in [-0.05, 0) is 31.5 Å². The summed E-state index contributed by atoms with van der Waals surface area (Å²) in [6, 6.07) is 11.6. The lowest BCUT2D eigenvalue weighted by Gasteiger charge is -2.21. The number of hydrogen-bond acceptors (Lipinski definition) is 3. The lowest BCUT2D eigenvalue weighted by molar-refractivity contribution is -0.118. The molecular formula is C15H18N4O. The smallest absolute Gasteiger partial charge is 0.242 e. The minimum Gasteiger partial charge on any atom is -0.308 e. The van der Waals surface area contributed by atoms with Crippen LogP contribution in [0.3, 0.4) is 0 Å². The summed E-state index contributed by atoms with van der Waals surface area (Å²) in [5.41, 5.74) is 0.976. The van der Waals surface area contributed by atoms with Gasteiger partial charge in [-0.1, -0.05) is 24.6 Å². The monoisotopic (exact) mass is 270 g/mol. The first kappa shape index (κ1) is 12.9. The van der Waals surface area contributed by atoms with Crippen molar-refractivity contribution in [3.05, 3.63) is 42.6 Å². The van der Waals surface area contributed by atoms with E-state index in [9.17, 15) is 4.79 Å². The number of aromatic nitrogens is 2. The van der Waals surface area contributed by atoms with Gasteiger partial charge in [0.15, 0.2) is 5.82 Å². The Morgan fingerprint density at radius 1 is 1.25 bits per heavy atom. The molecule has 1 aromatic carbocycles. The molecule has 0 aliphatic carbocycles. The molecule has 0 saturated carbocycles. The maximum absolute atomic E-state index is 12.1. The third-order valence-corrected chi connectivity index (χ3v) is 3.49. The Morgan fingerprint density at radius 2 is 2.10 bits per heavy atom. The standard InChI is InChI=1S/C15H18N4O/c20-15(13-8-4-5-10-16-13)17-14-9-11-19(18-14)12-6-2-1-3-7-12/h1-3,6-7,9,11,13,16H,4-5,8,10H2,(H,17,18,20). The van der Waals surface area contributed by atoms with Crippen molar-refractivity contribution in [2.75, 3.05) is 11.9 Å². The summed E-state index contributed by atoms with van der Waals surface area (Å²) in [4.78, 5) is 12.1. The van der Waals surface area contributed by atoms with Gasteiger partial charge in [-0.2, -0.15) is 5.10 Å². The van der Waals surface area contributed by atoms with E-state index in [-0.39, 0.29) is 11.9 Å². The Morgan fingerprint density at radius 3 is 2.85 bits per heavy atom. The Hall–Kier alpha value is -2.14. The van der Waals surface area contributed by atoms with Crippen molar-refractivity contribution in [2.24, 2.45) is 0 Å². The predicted molar refractivity (Wildman–Crippen MR) is 77.8 cm³/mol. The fourth-order valence-electron chi connectivity index (χ4n) is 2.40. The third-order valence-electron chi connectivity index (χ3n) is 3.49. The molecule has 5 heteroatoms. The fraction of sp³-hybridized carbons (Fsp3) is 0.333. The molecule has 3 rings (SSSR count). The van der Waals surface area contributed by atoms with Crippen LogP contribution < -0.4 is 10.6 Å². The van der Waals surface area contributed by atoms with Gasteiger partial charge in [0.2, 0.25) is 5.91 Å². The molecule has 1 aliphatic rings. The molecule has 1 aliphatic heterocycles. The summed E-state index contributed by atoms with van der Waals surface area (Å²) in [6.07, 6.45) is 4.99. The van der Waals surface area contributed by atoms with Crippen LogP contribution in [0.5, 0.6) is 0 Å². The van der Waals surface area contributed by atoms with Gasteiger partial charge in [-0.15, -0.1) is 0 Å². The second kappa shape index (κ2) is 5.88. The average molecular weight is 270 g/mol. The van der Waals surface area contributed by atoms with Gasteiger partial charge < -0.3 is 10.6 Å². The number of rotatable bonds is 3. The lowest BCUT2D eigenvalue weighted by Crippen LogP contribution is -2.43. The Kier molecular flexibility index (Phi) is 3.78. The number of carbonyl (C=O) groups is 1. The van der Waals surface area contributed by atoms with Crippen molar-refractivity contribution < 1.29 is 4.79 Å². The Labute approximate surface area is 118 Å². The number of amides is 1. The molecule has 5 nitrogen and oxygen atoms in total. The van der Waals surface area contributed by atoms with E-state index in [1.807, 2.05) is 42.6 Å². The molecular weight excluding hydrogens is 252 g/mol. The largest absolute Gasteiger partial charge is 0.308 e. The zero-order valence-corrected chi connectivity index (χ0v) is 11.2. The normalized spacial score (nSPS) is 18.7. The van der Waals surface area contributed by atoms with Crippen molar-refractivity contribution in [3.63, 3.8) is 0 Å². The number of para-hydroxylation sites is 1. The highest BCUT2D eigenvalue weighted by molar-refractivity contribution is 5.94. The molecule has 1 saturated heterocycles. The maximum Gasteiger partial charge on any atom is 0.242 e. The van der Waals surface area contributed by atoms with E-state index in [2.05, 4.69) is 15.7 Å². The highest BCUT2D eigenvalue weighted by Gasteiger charge is 2.20. The highest BCUT2D eigenvalue weighted by Crippen LogP contribution is 2.12. The van der Waals surface area contributed by atoms with Crippen LogP contribution in [0.1, 0.15) is 19.3 Å². The molecule has 1 unspecified atom stereocenters. The van der Waals surface area contributed by atoms with Crippen LogP contribution in [0.2, 0.25) is 0 Å². The number of hydrogen-bond donors (Lipinski definition) is 2. The number of nitrogens with zero attached hydrogens (tertiary/aromatic N) is 2. The number of nitrogens with one attached hydrogen (secondary N) is 2. The summed E-state index contributed by atoms with van der Waals surface area (Å²) < 4.78 is 1.75. The Balaban J connectivity index is 1.66. The van der Waals surface area contributed by atoms with Gasteiger partial charge in [0.1, 0.15) is 0 Å². The van der Waals surface area contributed by atoms with Crippen molar-refractivity contribution >= 4 is 11.7 Å². The van der Waals surface area contributed by atoms with Crippen LogP contribution in [0.4, 0.5) is 5.82 Å². The van der Waals surface area contributed by atoms with Crippen LogP contribution in [0, 0.1) is 0 Å². The molecule has 20 heavy (non-hydrogen) atoms. The van der Waals surface area contributed by atoms with Gasteiger partial charge in [0.25, 0.3) is 0 Å². The topological polar surface area (TPSA) is 59.0 Å². The molecule has 0 bridgehead atoms. The predicted octanol–water partition coefficient (Wildman–Crippen LogP) is 1.95. The summed E-state index contributed by atoms with van der Waals surface area (Å²) in [5.74, 6) is 0.592. The van der Waals surface area contributed by atoms with Gasteiger partial charge in [-0.3, -0.25) is 4.79 Å². The minimum atomic E-state index is -0.0920. The van der Waals surface area contributed by atoms with Crippen LogP contribution in [0.25, 0.3) is 5.69 Å². The molecule has 1 aromatic heterocycles. The summed E-state index contributed by atoms with van der Waals surface area (Å²) in [7, 11) is 0. The van der Waals surface area contributed by atoms with E-state index in [1.54, 1.807) is 4.68 Å². The van der Waals surface area contributed by atoms with Gasteiger partial charge in [0.05, 0.1) is 11.7 Å². The van der Waals surface area contributed by atoms with Crippen molar-refractivity contribution in [3.8, 4) is 5.69 Å². The number of piperidine rings is 1. The lowest BCUT2D eigenvalue weighted by atomic mass is 10.0. The molecule has 1 atom stereocenters. The van der Waals surface area contributed by atoms with Crippen molar-refractivity contribution in [1.82, 2.24) is 15.1 Å². The number of carbonyl (C=O) groups excluding carboxylic acids is 1. The molecule has 0 spiro atoms. The second-order valence-electron chi connectivity index (χ2n) is 4.97. The quantitative estimate of drug-likeness (QED) is 0.896. The molecule has 1 amide bonds. The van der Waals surface area contributed by atoms with E-state index in [4.69, 9.17) is 0 Å². The molecule has 2 aromatic rings. The zero-order chi connectivity index (χ0) is 13.8. The summed E-state index contributed by atoms with van der Waals surface area (Å²) in [5, 5.41) is 10.5. The second-order valence-corrected chi connectivity index (χ2v) is 4.97. The van der Waals surface area contributed by atoms with Crippen molar-refractivity contribution in [1.29, 1.82) is 0 Å². The molecule has 104 valence electrons. The van der Waals surface area contributed by atoms with Crippen LogP contribution >= 0.6 is 0 Å². The van der Waals surface area contributed by atoms with E-state index in [0.29, 0.717) is 5.82 Å². The first-order valence-corrected chi connectivity index (χ1v) is 6.98. The zero-order valence-electron chi connectivity index (χ0n) is 11.2. The van der Waals surface area contributed by atoms with Crippen molar-refractivity contribution in [2.45, 2.75) is 25.3 Å². The molecule has 2 N–H and O–H groups in total. The fourth-order valence-corrected chi connectivity index (χ4v) is 2.40. The summed E-state index contributed by atoms with van der Waals surface area (Å²) >= 11 is 0. The molecule has 2 heterocycles. The Bertz CT molecular complexity index is 573. The van der Waals surface area contributed by atoms with E-state index >= 15 is 0 Å². The van der Waals surface area contributed by atoms with Crippen LogP contribution in [0.15, 0.2) is 42.6 Å². The molecule has 0 radical (unpaired) electrons. The number of anilines is 1. The van der Waals surface area contributed by atoms with Gasteiger partial charge >= 0.3 is 0 Å². The van der Waals surface area contributed by atoms with Gasteiger partial charge in [-0.25, -0.2) is 4.68 Å². The first-order valence-electron chi connectivity index (χ1n) is 6.98. The summed E-state index contributed by atoms with van der Waals surface area (Å²) in [6.45, 7) is 0.913. The van der Waals surface area contributed by atoms with Gasteiger partial charge in [0, 0.05) is 12.3 Å². The first-order chi connectivity index (χ1) is 9.83. The van der Waals surface area contributed by atoms with E-state index < -0.39 is 0 Å². The number of benzene rings is 1. The third kappa shape index (κ3) is 2.88. The minimum absolute atomic E-state index is 0.00279. The van der Waals surface area contributed by atoms with Crippen LogP contribution in [-0.2, 0) is 4.79 Å². The SMILES string of the molecule is O=C(Nc1ccn(-c2ccccc2)n1)C1CCCCN1. The van der Waals surface area contributed by atoms with Crippen LogP contribution in [-0.4, -0.2) is 28.3 Å². The maximum atomic E-state index is 12.1.